The number of aliphatic hydroxyl groups is 5. The van der Waals surface area contributed by atoms with Crippen LogP contribution in [-0.4, -0.2) is 87.5 Å². The molecule has 1 aliphatic heterocycles. The summed E-state index contributed by atoms with van der Waals surface area (Å²) < 4.78 is 11.2. The molecule has 0 radical (unpaired) electrons. The lowest BCUT2D eigenvalue weighted by atomic mass is 9.99. The molecule has 0 spiro atoms. The summed E-state index contributed by atoms with van der Waals surface area (Å²) in [5, 5.41) is 54.3. The van der Waals surface area contributed by atoms with Crippen LogP contribution in [0, 0.1) is 0 Å². The largest absolute Gasteiger partial charge is 0.394 e. The Morgan fingerprint density at radius 3 is 1.39 bits per heavy atom. The number of rotatable bonds is 47. The zero-order valence-corrected chi connectivity index (χ0v) is 43.1. The number of carbonyl (C=O) groups excluding carboxylic acids is 1. The van der Waals surface area contributed by atoms with Gasteiger partial charge in [0.1, 0.15) is 24.4 Å². The minimum Gasteiger partial charge on any atom is -0.394 e. The van der Waals surface area contributed by atoms with Crippen molar-refractivity contribution in [2.75, 3.05) is 13.2 Å². The lowest BCUT2D eigenvalue weighted by Crippen LogP contribution is -2.60. The van der Waals surface area contributed by atoms with E-state index >= 15 is 0 Å². The van der Waals surface area contributed by atoms with Crippen LogP contribution >= 0.6 is 0 Å². The molecule has 0 aromatic rings. The molecule has 0 saturated carbocycles. The Bertz CT molecular complexity index is 1230. The average Bonchev–Trinajstić information content (AvgIpc) is 3.33. The first kappa shape index (κ1) is 62.9. The minimum atomic E-state index is -1.58. The van der Waals surface area contributed by atoms with Gasteiger partial charge in [-0.3, -0.25) is 4.79 Å². The van der Waals surface area contributed by atoms with Crippen LogP contribution < -0.4 is 5.32 Å². The van der Waals surface area contributed by atoms with E-state index in [1.807, 2.05) is 6.08 Å². The number of allylic oxidation sites excluding steroid dienone is 9. The van der Waals surface area contributed by atoms with Crippen LogP contribution in [-0.2, 0) is 14.3 Å². The highest BCUT2D eigenvalue weighted by molar-refractivity contribution is 5.76. The molecule has 1 amide bonds. The molecule has 6 N–H and O–H groups in total. The smallest absolute Gasteiger partial charge is 0.220 e. The van der Waals surface area contributed by atoms with Gasteiger partial charge in [0.2, 0.25) is 5.91 Å². The van der Waals surface area contributed by atoms with Crippen LogP contribution in [0.1, 0.15) is 245 Å². The second kappa shape index (κ2) is 47.6. The second-order valence-electron chi connectivity index (χ2n) is 19.4. The zero-order valence-electron chi connectivity index (χ0n) is 43.1. The van der Waals surface area contributed by atoms with Crippen LogP contribution in [0.15, 0.2) is 60.8 Å². The number of carbonyl (C=O) groups is 1. The maximum atomic E-state index is 13.0. The molecule has 1 fully saturated rings. The molecule has 0 aromatic carbocycles. The van der Waals surface area contributed by atoms with Gasteiger partial charge in [0, 0.05) is 6.42 Å². The molecule has 1 aliphatic rings. The molecule has 7 unspecified atom stereocenters. The van der Waals surface area contributed by atoms with E-state index in [9.17, 15) is 30.3 Å². The molecule has 1 heterocycles. The van der Waals surface area contributed by atoms with Gasteiger partial charge in [-0.25, -0.2) is 0 Å². The van der Waals surface area contributed by atoms with E-state index in [0.29, 0.717) is 6.42 Å². The second-order valence-corrected chi connectivity index (χ2v) is 19.4. The SMILES string of the molecule is CCCC/C=C\C/C=C\CCCCCCCC(=O)NC(COC1OC(CO)C(O)C(O)C1O)C(O)/C=C/CC/C=C/CC/C=C/CCCCCCCCCCCCCCCCCCCCCC. The summed E-state index contributed by atoms with van der Waals surface area (Å²) in [5.41, 5.74) is 0. The maximum Gasteiger partial charge on any atom is 0.220 e. The summed E-state index contributed by atoms with van der Waals surface area (Å²) >= 11 is 0. The Balaban J connectivity index is 2.24. The predicted molar refractivity (Wildman–Crippen MR) is 281 cm³/mol. The fourth-order valence-corrected chi connectivity index (χ4v) is 8.56. The zero-order chi connectivity index (χ0) is 48.7. The summed E-state index contributed by atoms with van der Waals surface area (Å²) in [6, 6.07) is -0.838. The average molecular weight is 944 g/mol. The fraction of sp³-hybridized carbons (Fsp3) is 0.810. The van der Waals surface area contributed by atoms with E-state index in [2.05, 4.69) is 67.8 Å². The molecule has 7 atom stereocenters. The molecule has 0 bridgehead atoms. The van der Waals surface area contributed by atoms with Crippen LogP contribution in [0.4, 0.5) is 0 Å². The molecular formula is C58H105NO8. The summed E-state index contributed by atoms with van der Waals surface area (Å²) in [7, 11) is 0. The molecular weight excluding hydrogens is 839 g/mol. The van der Waals surface area contributed by atoms with Crippen LogP contribution in [0.25, 0.3) is 0 Å². The fourth-order valence-electron chi connectivity index (χ4n) is 8.56. The molecule has 0 aromatic heterocycles. The van der Waals surface area contributed by atoms with Gasteiger partial charge in [0.05, 0.1) is 25.4 Å². The van der Waals surface area contributed by atoms with Gasteiger partial charge in [0.25, 0.3) is 0 Å². The van der Waals surface area contributed by atoms with Gasteiger partial charge < -0.3 is 40.3 Å². The molecule has 1 rings (SSSR count). The van der Waals surface area contributed by atoms with Crippen molar-refractivity contribution < 1.29 is 39.8 Å². The van der Waals surface area contributed by atoms with Crippen molar-refractivity contribution in [1.82, 2.24) is 5.32 Å². The Morgan fingerprint density at radius 2 is 0.910 bits per heavy atom. The first-order chi connectivity index (χ1) is 32.8. The van der Waals surface area contributed by atoms with Crippen LogP contribution in [0.5, 0.6) is 0 Å². The van der Waals surface area contributed by atoms with E-state index in [1.165, 1.54) is 148 Å². The highest BCUT2D eigenvalue weighted by Gasteiger charge is 2.44. The van der Waals surface area contributed by atoms with Crippen LogP contribution in [0.2, 0.25) is 0 Å². The summed E-state index contributed by atoms with van der Waals surface area (Å²) in [6.07, 6.45) is 57.3. The van der Waals surface area contributed by atoms with Gasteiger partial charge in [0.15, 0.2) is 6.29 Å². The Hall–Kier alpha value is -2.11. The van der Waals surface area contributed by atoms with Gasteiger partial charge in [-0.2, -0.15) is 0 Å². The maximum absolute atomic E-state index is 13.0. The van der Waals surface area contributed by atoms with Crippen molar-refractivity contribution in [1.29, 1.82) is 0 Å². The van der Waals surface area contributed by atoms with E-state index in [0.717, 1.165) is 77.0 Å². The number of nitrogens with one attached hydrogen (secondary N) is 1. The highest BCUT2D eigenvalue weighted by atomic mass is 16.7. The van der Waals surface area contributed by atoms with Gasteiger partial charge in [-0.1, -0.05) is 229 Å². The van der Waals surface area contributed by atoms with E-state index in [4.69, 9.17) is 9.47 Å². The molecule has 390 valence electrons. The van der Waals surface area contributed by atoms with Crippen LogP contribution in [0.3, 0.4) is 0 Å². The first-order valence-corrected chi connectivity index (χ1v) is 28.0. The number of ether oxygens (including phenoxy) is 2. The Morgan fingerprint density at radius 1 is 0.507 bits per heavy atom. The number of hydrogen-bond donors (Lipinski definition) is 6. The standard InChI is InChI=1S/C58H105NO8/c1-3-5-7-9-11-13-15-17-19-20-21-22-23-24-25-26-27-28-29-30-31-32-33-34-35-37-39-41-43-45-47-52(61)51(50-66-58-57(65)56(64)55(63)53(49-60)67-58)59-54(62)48-46-44-42-40-38-36-18-16-14-12-10-8-6-4-2/h10,12,16,18,32-33,37,39,45,47,51-53,55-58,60-61,63-65H,3-9,11,13-15,17,19-31,34-36,38,40-44,46,48-50H2,1-2H3,(H,59,62)/b12-10-,18-16-,33-32+,39-37+,47-45+. The quantitative estimate of drug-likeness (QED) is 0.0261. The topological polar surface area (TPSA) is 149 Å². The molecule has 9 nitrogen and oxygen atoms in total. The lowest BCUT2D eigenvalue weighted by molar-refractivity contribution is -0.302. The normalized spacial score (nSPS) is 20.1. The van der Waals surface area contributed by atoms with E-state index in [-0.39, 0.29) is 12.5 Å². The summed E-state index contributed by atoms with van der Waals surface area (Å²) in [6.45, 7) is 3.71. The van der Waals surface area contributed by atoms with Crippen molar-refractivity contribution in [2.45, 2.75) is 288 Å². The van der Waals surface area contributed by atoms with Crippen molar-refractivity contribution in [2.24, 2.45) is 0 Å². The highest BCUT2D eigenvalue weighted by Crippen LogP contribution is 2.23. The Kier molecular flexibility index (Phi) is 44.7. The number of amides is 1. The summed E-state index contributed by atoms with van der Waals surface area (Å²) in [5.74, 6) is -0.206. The van der Waals surface area contributed by atoms with Gasteiger partial charge in [-0.05, 0) is 70.6 Å². The number of aliphatic hydroxyl groups excluding tert-OH is 5. The number of unbranched alkanes of at least 4 members (excludes halogenated alkanes) is 29. The van der Waals surface area contributed by atoms with E-state index < -0.39 is 49.5 Å². The Labute approximate surface area is 411 Å². The number of hydrogen-bond acceptors (Lipinski definition) is 8. The van der Waals surface area contributed by atoms with Crippen molar-refractivity contribution in [3.05, 3.63) is 60.8 Å². The minimum absolute atomic E-state index is 0.206. The first-order valence-electron chi connectivity index (χ1n) is 28.0. The molecule has 9 heteroatoms. The monoisotopic (exact) mass is 944 g/mol. The lowest BCUT2D eigenvalue weighted by Gasteiger charge is -2.40. The third kappa shape index (κ3) is 37.4. The van der Waals surface area contributed by atoms with E-state index in [1.54, 1.807) is 6.08 Å². The van der Waals surface area contributed by atoms with Gasteiger partial charge >= 0.3 is 0 Å². The summed E-state index contributed by atoms with van der Waals surface area (Å²) in [4.78, 5) is 13.0. The predicted octanol–water partition coefficient (Wildman–Crippen LogP) is 13.5. The van der Waals surface area contributed by atoms with Gasteiger partial charge in [-0.15, -0.1) is 0 Å². The van der Waals surface area contributed by atoms with Crippen molar-refractivity contribution in [3.63, 3.8) is 0 Å². The molecule has 67 heavy (non-hydrogen) atoms. The third-order valence-electron chi connectivity index (χ3n) is 13.0. The third-order valence-corrected chi connectivity index (χ3v) is 13.0. The molecule has 0 aliphatic carbocycles. The van der Waals surface area contributed by atoms with Crippen molar-refractivity contribution >= 4 is 5.91 Å². The van der Waals surface area contributed by atoms with Crippen molar-refractivity contribution in [3.8, 4) is 0 Å². The molecule has 1 saturated heterocycles.